The number of nitrogens with one attached hydrogen (secondary N) is 1. The molecular formula is C22H23N5O2S3. The number of hydrogen-bond acceptors (Lipinski definition) is 8. The number of anilines is 1. The summed E-state index contributed by atoms with van der Waals surface area (Å²) in [4.78, 5) is 19.6. The maximum absolute atomic E-state index is 12.4. The van der Waals surface area contributed by atoms with E-state index < -0.39 is 0 Å². The van der Waals surface area contributed by atoms with E-state index in [0.717, 1.165) is 39.5 Å². The van der Waals surface area contributed by atoms with Gasteiger partial charge in [0, 0.05) is 17.0 Å². The number of rotatable bonds is 6. The van der Waals surface area contributed by atoms with Crippen molar-refractivity contribution >= 4 is 62.3 Å². The molecular weight excluding hydrogens is 462 g/mol. The van der Waals surface area contributed by atoms with Gasteiger partial charge in [-0.05, 0) is 37.3 Å². The molecule has 1 atom stereocenters. The van der Waals surface area contributed by atoms with E-state index in [2.05, 4.69) is 29.4 Å². The lowest BCUT2D eigenvalue weighted by atomic mass is 9.90. The molecule has 32 heavy (non-hydrogen) atoms. The van der Waals surface area contributed by atoms with Crippen LogP contribution in [-0.2, 0) is 22.6 Å². The van der Waals surface area contributed by atoms with E-state index in [0.29, 0.717) is 11.8 Å². The Bertz CT molecular complexity index is 1300. The second-order valence-corrected chi connectivity index (χ2v) is 10.7. The third-order valence-corrected chi connectivity index (χ3v) is 8.41. The Balaban J connectivity index is 1.49. The van der Waals surface area contributed by atoms with Crippen molar-refractivity contribution in [2.75, 3.05) is 17.3 Å². The molecule has 1 N–H and O–H groups in total. The number of amides is 1. The van der Waals surface area contributed by atoms with Crippen LogP contribution in [0.15, 0.2) is 40.6 Å². The molecule has 5 rings (SSSR count). The molecule has 0 saturated carbocycles. The van der Waals surface area contributed by atoms with Crippen LogP contribution in [0, 0.1) is 0 Å². The number of carbonyl (C=O) groups excluding carboxylic acids is 1. The second kappa shape index (κ2) is 8.66. The molecule has 0 fully saturated rings. The smallest absolute Gasteiger partial charge is 0.234 e. The fourth-order valence-electron chi connectivity index (χ4n) is 3.82. The average Bonchev–Trinajstić information content (AvgIpc) is 3.38. The zero-order chi connectivity index (χ0) is 22.3. The van der Waals surface area contributed by atoms with E-state index in [-0.39, 0.29) is 17.3 Å². The van der Waals surface area contributed by atoms with Gasteiger partial charge in [-0.15, -0.1) is 21.5 Å². The first kappa shape index (κ1) is 21.7. The molecule has 1 aliphatic rings. The maximum Gasteiger partial charge on any atom is 0.234 e. The number of nitrogens with zero attached hydrogens (tertiary/aromatic N) is 4. The van der Waals surface area contributed by atoms with E-state index in [1.165, 1.54) is 22.2 Å². The van der Waals surface area contributed by atoms with E-state index in [1.54, 1.807) is 23.1 Å². The van der Waals surface area contributed by atoms with Crippen molar-refractivity contribution in [3.05, 3.63) is 40.8 Å². The highest BCUT2D eigenvalue weighted by Crippen LogP contribution is 2.42. The van der Waals surface area contributed by atoms with Crippen LogP contribution in [0.4, 0.5) is 5.69 Å². The van der Waals surface area contributed by atoms with Crippen molar-refractivity contribution in [3.63, 3.8) is 0 Å². The van der Waals surface area contributed by atoms with E-state index in [4.69, 9.17) is 9.72 Å². The number of benzene rings is 1. The number of aromatic nitrogens is 4. The molecule has 10 heteroatoms. The van der Waals surface area contributed by atoms with Gasteiger partial charge < -0.3 is 10.1 Å². The third kappa shape index (κ3) is 3.89. The van der Waals surface area contributed by atoms with E-state index in [9.17, 15) is 4.79 Å². The number of thiophene rings is 1. The van der Waals surface area contributed by atoms with Gasteiger partial charge in [-0.1, -0.05) is 48.6 Å². The fourth-order valence-corrected chi connectivity index (χ4v) is 6.31. The lowest BCUT2D eigenvalue weighted by Gasteiger charge is -2.32. The minimum atomic E-state index is -0.177. The second-order valence-electron chi connectivity index (χ2n) is 7.90. The molecule has 0 radical (unpaired) electrons. The summed E-state index contributed by atoms with van der Waals surface area (Å²) in [5.41, 5.74) is 2.69. The van der Waals surface area contributed by atoms with Crippen LogP contribution in [0.3, 0.4) is 0 Å². The minimum absolute atomic E-state index is 0.0820. The Labute approximate surface area is 198 Å². The molecule has 0 aliphatic carbocycles. The molecule has 1 aromatic carbocycles. The summed E-state index contributed by atoms with van der Waals surface area (Å²) in [5, 5.41) is 14.5. The molecule has 1 unspecified atom stereocenters. The molecule has 4 aromatic rings. The third-order valence-electron chi connectivity index (χ3n) is 5.74. The maximum atomic E-state index is 12.4. The summed E-state index contributed by atoms with van der Waals surface area (Å²) in [6.07, 6.45) is 3.78. The van der Waals surface area contributed by atoms with Gasteiger partial charge in [0.15, 0.2) is 16.0 Å². The summed E-state index contributed by atoms with van der Waals surface area (Å²) < 4.78 is 8.13. The van der Waals surface area contributed by atoms with Crippen LogP contribution in [-0.4, -0.2) is 43.1 Å². The number of carbonyl (C=O) groups is 1. The first-order valence-electron chi connectivity index (χ1n) is 10.4. The first-order chi connectivity index (χ1) is 15.5. The Morgan fingerprint density at radius 3 is 2.84 bits per heavy atom. The molecule has 0 bridgehead atoms. The summed E-state index contributed by atoms with van der Waals surface area (Å²) in [5.74, 6) is 0.159. The SMILES string of the molecule is CCC1(C)Cc2c(sc3nc(SC)n4c(SCC(=O)Nc5ccccc5)nnc4c23)CO1. The lowest BCUT2D eigenvalue weighted by Crippen LogP contribution is -2.33. The highest BCUT2D eigenvalue weighted by Gasteiger charge is 2.33. The zero-order valence-electron chi connectivity index (χ0n) is 18.0. The van der Waals surface area contributed by atoms with Crippen LogP contribution in [0.5, 0.6) is 0 Å². The lowest BCUT2D eigenvalue weighted by molar-refractivity contribution is -0.113. The molecule has 166 valence electrons. The number of fused-ring (bicyclic) bond motifs is 5. The van der Waals surface area contributed by atoms with Gasteiger partial charge in [0.25, 0.3) is 0 Å². The quantitative estimate of drug-likeness (QED) is 0.303. The Kier molecular flexibility index (Phi) is 5.87. The average molecular weight is 486 g/mol. The van der Waals surface area contributed by atoms with E-state index in [1.807, 2.05) is 41.0 Å². The molecule has 4 heterocycles. The highest BCUT2D eigenvalue weighted by atomic mass is 32.2. The largest absolute Gasteiger partial charge is 0.369 e. The number of thioether (sulfide) groups is 2. The topological polar surface area (TPSA) is 81.4 Å². The number of ether oxygens (including phenoxy) is 1. The zero-order valence-corrected chi connectivity index (χ0v) is 20.5. The fraction of sp³-hybridized carbons (Fsp3) is 0.364. The Morgan fingerprint density at radius 2 is 2.09 bits per heavy atom. The van der Waals surface area contributed by atoms with Gasteiger partial charge in [-0.3, -0.25) is 4.79 Å². The van der Waals surface area contributed by atoms with Gasteiger partial charge in [0.1, 0.15) is 4.83 Å². The normalized spacial score (nSPS) is 18.2. The first-order valence-corrected chi connectivity index (χ1v) is 13.4. The minimum Gasteiger partial charge on any atom is -0.369 e. The standard InChI is InChI=1S/C22H23N5O2S3/c1-4-22(2)10-14-15(11-29-22)32-19-17(14)18-25-26-21(27(18)20(24-19)30-3)31-12-16(28)23-13-8-6-5-7-9-13/h5-9H,4,10-12H2,1-3H3,(H,23,28). The van der Waals surface area contributed by atoms with Crippen molar-refractivity contribution in [2.24, 2.45) is 0 Å². The van der Waals surface area contributed by atoms with Gasteiger partial charge in [-0.2, -0.15) is 0 Å². The van der Waals surface area contributed by atoms with Crippen molar-refractivity contribution in [1.82, 2.24) is 19.6 Å². The van der Waals surface area contributed by atoms with Crippen molar-refractivity contribution in [2.45, 2.75) is 49.2 Å². The molecule has 0 spiro atoms. The monoisotopic (exact) mass is 485 g/mol. The molecule has 1 aliphatic heterocycles. The van der Waals surface area contributed by atoms with Crippen LogP contribution in [0.1, 0.15) is 30.7 Å². The molecule has 7 nitrogen and oxygen atoms in total. The van der Waals surface area contributed by atoms with Gasteiger partial charge >= 0.3 is 0 Å². The van der Waals surface area contributed by atoms with Crippen LogP contribution in [0.2, 0.25) is 0 Å². The summed E-state index contributed by atoms with van der Waals surface area (Å²) >= 11 is 4.60. The molecule has 3 aromatic heterocycles. The Morgan fingerprint density at radius 1 is 1.28 bits per heavy atom. The van der Waals surface area contributed by atoms with Crippen LogP contribution < -0.4 is 5.32 Å². The summed E-state index contributed by atoms with van der Waals surface area (Å²) in [7, 11) is 0. The summed E-state index contributed by atoms with van der Waals surface area (Å²) in [6.45, 7) is 4.93. The van der Waals surface area contributed by atoms with Gasteiger partial charge in [-0.25, -0.2) is 9.38 Å². The van der Waals surface area contributed by atoms with Crippen molar-refractivity contribution in [1.29, 1.82) is 0 Å². The van der Waals surface area contributed by atoms with Gasteiger partial charge in [0.2, 0.25) is 5.91 Å². The van der Waals surface area contributed by atoms with Crippen molar-refractivity contribution < 1.29 is 9.53 Å². The van der Waals surface area contributed by atoms with Crippen LogP contribution >= 0.6 is 34.9 Å². The number of hydrogen-bond donors (Lipinski definition) is 1. The van der Waals surface area contributed by atoms with Crippen molar-refractivity contribution in [3.8, 4) is 0 Å². The highest BCUT2D eigenvalue weighted by molar-refractivity contribution is 8.00. The Hall–Kier alpha value is -2.14. The van der Waals surface area contributed by atoms with Crippen LogP contribution in [0.25, 0.3) is 15.9 Å². The predicted molar refractivity (Wildman–Crippen MR) is 131 cm³/mol. The molecule has 1 amide bonds. The van der Waals surface area contributed by atoms with E-state index >= 15 is 0 Å². The summed E-state index contributed by atoms with van der Waals surface area (Å²) in [6, 6.07) is 9.45. The van der Waals surface area contributed by atoms with Gasteiger partial charge in [0.05, 0.1) is 23.3 Å². The number of para-hydroxylation sites is 1. The predicted octanol–water partition coefficient (Wildman–Crippen LogP) is 5.03. The molecule has 0 saturated heterocycles.